The van der Waals surface area contributed by atoms with E-state index < -0.39 is 0 Å². The normalized spacial score (nSPS) is 22.9. The van der Waals surface area contributed by atoms with Gasteiger partial charge in [-0.1, -0.05) is 30.3 Å². The van der Waals surface area contributed by atoms with Gasteiger partial charge in [0.05, 0.1) is 12.7 Å². The standard InChI is InChI=1S/C12H16FNO/c13-8-12-10-14(6-7-15-12)9-11-4-2-1-3-5-11/h1-5,12H,6-10H2. The predicted octanol–water partition coefficient (Wildman–Crippen LogP) is 1.86. The molecule has 0 aromatic heterocycles. The Hall–Kier alpha value is -0.930. The lowest BCUT2D eigenvalue weighted by Crippen LogP contribution is -2.42. The fraction of sp³-hybridized carbons (Fsp3) is 0.500. The number of hydrogen-bond donors (Lipinski definition) is 0. The summed E-state index contributed by atoms with van der Waals surface area (Å²) in [5, 5.41) is 0. The van der Waals surface area contributed by atoms with Crippen LogP contribution in [0.25, 0.3) is 0 Å². The second kappa shape index (κ2) is 5.24. The quantitative estimate of drug-likeness (QED) is 0.753. The third-order valence-electron chi connectivity index (χ3n) is 2.64. The number of halogens is 1. The maximum Gasteiger partial charge on any atom is 0.117 e. The first-order valence-electron chi connectivity index (χ1n) is 5.32. The van der Waals surface area contributed by atoms with E-state index in [9.17, 15) is 4.39 Å². The van der Waals surface area contributed by atoms with Gasteiger partial charge in [-0.3, -0.25) is 4.90 Å². The molecule has 0 radical (unpaired) electrons. The highest BCUT2D eigenvalue weighted by Gasteiger charge is 2.19. The van der Waals surface area contributed by atoms with Crippen molar-refractivity contribution in [1.82, 2.24) is 4.90 Å². The van der Waals surface area contributed by atoms with Gasteiger partial charge >= 0.3 is 0 Å². The van der Waals surface area contributed by atoms with Crippen molar-refractivity contribution in [2.24, 2.45) is 0 Å². The third kappa shape index (κ3) is 3.01. The molecular formula is C12H16FNO. The van der Waals surface area contributed by atoms with Gasteiger partial charge in [0.15, 0.2) is 0 Å². The van der Waals surface area contributed by atoms with E-state index >= 15 is 0 Å². The lowest BCUT2D eigenvalue weighted by Gasteiger charge is -2.31. The van der Waals surface area contributed by atoms with Gasteiger partial charge in [-0.15, -0.1) is 0 Å². The summed E-state index contributed by atoms with van der Waals surface area (Å²) in [6.07, 6.45) is -0.234. The molecule has 0 aliphatic carbocycles. The second-order valence-electron chi connectivity index (χ2n) is 3.87. The molecule has 15 heavy (non-hydrogen) atoms. The molecule has 1 fully saturated rings. The van der Waals surface area contributed by atoms with E-state index in [-0.39, 0.29) is 12.8 Å². The zero-order chi connectivity index (χ0) is 10.5. The average molecular weight is 209 g/mol. The number of hydrogen-bond acceptors (Lipinski definition) is 2. The molecule has 0 N–H and O–H groups in total. The molecule has 1 unspecified atom stereocenters. The first-order valence-corrected chi connectivity index (χ1v) is 5.32. The molecule has 0 spiro atoms. The molecule has 0 amide bonds. The van der Waals surface area contributed by atoms with Crippen LogP contribution < -0.4 is 0 Å². The fourth-order valence-electron chi connectivity index (χ4n) is 1.86. The molecule has 0 saturated carbocycles. The molecule has 1 heterocycles. The molecule has 0 bridgehead atoms. The zero-order valence-electron chi connectivity index (χ0n) is 8.73. The smallest absolute Gasteiger partial charge is 0.117 e. The highest BCUT2D eigenvalue weighted by molar-refractivity contribution is 5.14. The summed E-state index contributed by atoms with van der Waals surface area (Å²) in [7, 11) is 0. The molecule has 1 aliphatic rings. The van der Waals surface area contributed by atoms with Crippen LogP contribution in [-0.4, -0.2) is 37.4 Å². The topological polar surface area (TPSA) is 12.5 Å². The van der Waals surface area contributed by atoms with Crippen LogP contribution in [0.15, 0.2) is 30.3 Å². The van der Waals surface area contributed by atoms with Gasteiger partial charge < -0.3 is 4.74 Å². The predicted molar refractivity (Wildman–Crippen MR) is 57.4 cm³/mol. The zero-order valence-corrected chi connectivity index (χ0v) is 8.73. The van der Waals surface area contributed by atoms with Crippen LogP contribution in [0.3, 0.4) is 0 Å². The summed E-state index contributed by atoms with van der Waals surface area (Å²) in [5.74, 6) is 0. The van der Waals surface area contributed by atoms with Crippen molar-refractivity contribution in [2.75, 3.05) is 26.4 Å². The minimum absolute atomic E-state index is 0.234. The van der Waals surface area contributed by atoms with Crippen molar-refractivity contribution in [3.63, 3.8) is 0 Å². The van der Waals surface area contributed by atoms with E-state index in [1.54, 1.807) is 0 Å². The Bertz CT molecular complexity index is 291. The van der Waals surface area contributed by atoms with Gasteiger partial charge in [0, 0.05) is 19.6 Å². The fourth-order valence-corrected chi connectivity index (χ4v) is 1.86. The van der Waals surface area contributed by atoms with E-state index in [0.717, 1.165) is 13.1 Å². The Balaban J connectivity index is 1.89. The lowest BCUT2D eigenvalue weighted by atomic mass is 10.2. The number of alkyl halides is 1. The molecule has 2 nitrogen and oxygen atoms in total. The van der Waals surface area contributed by atoms with Crippen LogP contribution in [-0.2, 0) is 11.3 Å². The second-order valence-corrected chi connectivity index (χ2v) is 3.87. The maximum absolute atomic E-state index is 12.4. The van der Waals surface area contributed by atoms with Gasteiger partial charge in [-0.05, 0) is 5.56 Å². The van der Waals surface area contributed by atoms with Crippen LogP contribution in [0, 0.1) is 0 Å². The lowest BCUT2D eigenvalue weighted by molar-refractivity contribution is -0.0412. The molecule has 82 valence electrons. The summed E-state index contributed by atoms with van der Waals surface area (Å²) in [6, 6.07) is 10.3. The average Bonchev–Trinajstić information content (AvgIpc) is 2.31. The number of ether oxygens (including phenoxy) is 1. The van der Waals surface area contributed by atoms with E-state index in [1.165, 1.54) is 5.56 Å². The van der Waals surface area contributed by atoms with Crippen molar-refractivity contribution in [3.05, 3.63) is 35.9 Å². The highest BCUT2D eigenvalue weighted by atomic mass is 19.1. The van der Waals surface area contributed by atoms with E-state index in [4.69, 9.17) is 4.74 Å². The van der Waals surface area contributed by atoms with Crippen molar-refractivity contribution >= 4 is 0 Å². The molecule has 1 aromatic rings. The number of nitrogens with zero attached hydrogens (tertiary/aromatic N) is 1. The molecule has 1 saturated heterocycles. The minimum atomic E-state index is -0.384. The van der Waals surface area contributed by atoms with Gasteiger partial charge in [0.25, 0.3) is 0 Å². The molecule has 1 atom stereocenters. The summed E-state index contributed by atoms with van der Waals surface area (Å²) >= 11 is 0. The van der Waals surface area contributed by atoms with Gasteiger partial charge in [-0.2, -0.15) is 0 Å². The summed E-state index contributed by atoms with van der Waals surface area (Å²) in [4.78, 5) is 2.24. The number of morpholine rings is 1. The van der Waals surface area contributed by atoms with Crippen molar-refractivity contribution in [2.45, 2.75) is 12.6 Å². The highest BCUT2D eigenvalue weighted by Crippen LogP contribution is 2.10. The van der Waals surface area contributed by atoms with E-state index in [0.29, 0.717) is 13.2 Å². The van der Waals surface area contributed by atoms with Gasteiger partial charge in [0.2, 0.25) is 0 Å². The first-order chi connectivity index (χ1) is 7.38. The van der Waals surface area contributed by atoms with Crippen molar-refractivity contribution in [3.8, 4) is 0 Å². The Morgan fingerprint density at radius 3 is 2.87 bits per heavy atom. The van der Waals surface area contributed by atoms with Crippen LogP contribution in [0.2, 0.25) is 0 Å². The number of benzene rings is 1. The van der Waals surface area contributed by atoms with Crippen molar-refractivity contribution < 1.29 is 9.13 Å². The Kier molecular flexibility index (Phi) is 3.69. The van der Waals surface area contributed by atoms with Crippen molar-refractivity contribution in [1.29, 1.82) is 0 Å². The van der Waals surface area contributed by atoms with Crippen LogP contribution in [0.5, 0.6) is 0 Å². The molecule has 3 heteroatoms. The Morgan fingerprint density at radius 2 is 2.13 bits per heavy atom. The maximum atomic E-state index is 12.4. The van der Waals surface area contributed by atoms with E-state index in [1.807, 2.05) is 18.2 Å². The first kappa shape index (κ1) is 10.6. The van der Waals surface area contributed by atoms with Gasteiger partial charge in [0.1, 0.15) is 6.67 Å². The van der Waals surface area contributed by atoms with Crippen LogP contribution in [0.4, 0.5) is 4.39 Å². The summed E-state index contributed by atoms with van der Waals surface area (Å²) < 4.78 is 17.7. The largest absolute Gasteiger partial charge is 0.373 e. The Morgan fingerprint density at radius 1 is 1.33 bits per heavy atom. The molecular weight excluding hydrogens is 193 g/mol. The van der Waals surface area contributed by atoms with Crippen LogP contribution in [0.1, 0.15) is 5.56 Å². The Labute approximate surface area is 89.7 Å². The molecule has 1 aliphatic heterocycles. The monoisotopic (exact) mass is 209 g/mol. The summed E-state index contributed by atoms with van der Waals surface area (Å²) in [5.41, 5.74) is 1.28. The van der Waals surface area contributed by atoms with Crippen LogP contribution >= 0.6 is 0 Å². The van der Waals surface area contributed by atoms with E-state index in [2.05, 4.69) is 17.0 Å². The summed E-state index contributed by atoms with van der Waals surface area (Å²) in [6.45, 7) is 2.74. The van der Waals surface area contributed by atoms with Gasteiger partial charge in [-0.25, -0.2) is 4.39 Å². The third-order valence-corrected chi connectivity index (χ3v) is 2.64. The molecule has 2 rings (SSSR count). The SMILES string of the molecule is FCC1CN(Cc2ccccc2)CCO1. The molecule has 1 aromatic carbocycles. The minimum Gasteiger partial charge on any atom is -0.373 e. The number of rotatable bonds is 3.